The molecule has 2 atom stereocenters. The molecule has 5 nitrogen and oxygen atoms in total. The van der Waals surface area contributed by atoms with Crippen LogP contribution in [0.3, 0.4) is 0 Å². The molecule has 1 saturated heterocycles. The molecule has 0 aromatic heterocycles. The summed E-state index contributed by atoms with van der Waals surface area (Å²) in [4.78, 5) is 0.187. The van der Waals surface area contributed by atoms with Crippen LogP contribution < -0.4 is 10.5 Å². The number of anilines is 1. The minimum atomic E-state index is -3.53. The summed E-state index contributed by atoms with van der Waals surface area (Å²) in [6, 6.07) is 4.54. The standard InChI is InChI=1S/C12H17BrN2O3S/c1-8-6-9(4-5-18-8)15-19(16,17)10-2-3-11(13)12(14)7-10/h2-3,7-9,15H,4-6,14H2,1H3. The quantitative estimate of drug-likeness (QED) is 0.817. The highest BCUT2D eigenvalue weighted by atomic mass is 79.9. The summed E-state index contributed by atoms with van der Waals surface area (Å²) in [5, 5.41) is 0. The van der Waals surface area contributed by atoms with E-state index in [9.17, 15) is 8.42 Å². The van der Waals surface area contributed by atoms with E-state index in [-0.39, 0.29) is 17.0 Å². The fraction of sp³-hybridized carbons (Fsp3) is 0.500. The third kappa shape index (κ3) is 3.68. The second-order valence-electron chi connectivity index (χ2n) is 4.71. The average Bonchev–Trinajstić information content (AvgIpc) is 2.32. The highest BCUT2D eigenvalue weighted by Crippen LogP contribution is 2.23. The van der Waals surface area contributed by atoms with Gasteiger partial charge in [0.2, 0.25) is 10.0 Å². The Morgan fingerprint density at radius 3 is 2.84 bits per heavy atom. The molecule has 0 amide bonds. The van der Waals surface area contributed by atoms with Crippen LogP contribution in [0, 0.1) is 0 Å². The number of benzene rings is 1. The molecule has 0 saturated carbocycles. The van der Waals surface area contributed by atoms with Gasteiger partial charge in [-0.25, -0.2) is 13.1 Å². The molecular weight excluding hydrogens is 332 g/mol. The lowest BCUT2D eigenvalue weighted by Crippen LogP contribution is -2.41. The average molecular weight is 349 g/mol. The Balaban J connectivity index is 2.15. The third-order valence-corrected chi connectivity index (χ3v) is 5.33. The van der Waals surface area contributed by atoms with Crippen molar-refractivity contribution >= 4 is 31.6 Å². The van der Waals surface area contributed by atoms with Crippen molar-refractivity contribution in [3.63, 3.8) is 0 Å². The van der Waals surface area contributed by atoms with Gasteiger partial charge in [-0.15, -0.1) is 0 Å². The highest BCUT2D eigenvalue weighted by Gasteiger charge is 2.25. The first-order valence-corrected chi connectivity index (χ1v) is 8.35. The third-order valence-electron chi connectivity index (χ3n) is 3.08. The summed E-state index contributed by atoms with van der Waals surface area (Å²) in [5.74, 6) is 0. The van der Waals surface area contributed by atoms with Crippen molar-refractivity contribution in [1.29, 1.82) is 0 Å². The molecule has 106 valence electrons. The maximum absolute atomic E-state index is 12.2. The Morgan fingerprint density at radius 1 is 1.47 bits per heavy atom. The molecule has 7 heteroatoms. The maximum Gasteiger partial charge on any atom is 0.240 e. The van der Waals surface area contributed by atoms with Gasteiger partial charge in [-0.2, -0.15) is 0 Å². The van der Waals surface area contributed by atoms with Gasteiger partial charge in [0, 0.05) is 22.8 Å². The number of sulfonamides is 1. The number of nitrogen functional groups attached to an aromatic ring is 1. The Hall–Kier alpha value is -0.630. The van der Waals surface area contributed by atoms with Crippen molar-refractivity contribution in [2.24, 2.45) is 0 Å². The second kappa shape index (κ2) is 5.78. The fourth-order valence-corrected chi connectivity index (χ4v) is 3.65. The van der Waals surface area contributed by atoms with Crippen molar-refractivity contribution in [2.45, 2.75) is 36.8 Å². The van der Waals surface area contributed by atoms with Gasteiger partial charge >= 0.3 is 0 Å². The molecule has 1 aromatic rings. The molecule has 2 unspecified atom stereocenters. The Morgan fingerprint density at radius 2 is 2.21 bits per heavy atom. The summed E-state index contributed by atoms with van der Waals surface area (Å²) < 4.78 is 33.3. The molecule has 2 rings (SSSR count). The summed E-state index contributed by atoms with van der Waals surface area (Å²) in [7, 11) is -3.53. The van der Waals surface area contributed by atoms with Gasteiger partial charge in [-0.05, 0) is 53.9 Å². The van der Waals surface area contributed by atoms with E-state index in [4.69, 9.17) is 10.5 Å². The van der Waals surface area contributed by atoms with Crippen molar-refractivity contribution in [1.82, 2.24) is 4.72 Å². The summed E-state index contributed by atoms with van der Waals surface area (Å²) >= 11 is 3.25. The van der Waals surface area contributed by atoms with Crippen LogP contribution in [0.25, 0.3) is 0 Å². The van der Waals surface area contributed by atoms with Gasteiger partial charge < -0.3 is 10.5 Å². The lowest BCUT2D eigenvalue weighted by Gasteiger charge is -2.27. The molecule has 1 aromatic carbocycles. The smallest absolute Gasteiger partial charge is 0.240 e. The lowest BCUT2D eigenvalue weighted by molar-refractivity contribution is 0.0173. The van der Waals surface area contributed by atoms with Gasteiger partial charge in [0.05, 0.1) is 11.0 Å². The number of halogens is 1. The van der Waals surface area contributed by atoms with Gasteiger partial charge in [0.15, 0.2) is 0 Å². The normalized spacial score (nSPS) is 24.3. The van der Waals surface area contributed by atoms with Gasteiger partial charge in [0.25, 0.3) is 0 Å². The topological polar surface area (TPSA) is 81.4 Å². The predicted molar refractivity (Wildman–Crippen MR) is 77.3 cm³/mol. The van der Waals surface area contributed by atoms with E-state index in [1.165, 1.54) is 12.1 Å². The molecule has 1 heterocycles. The van der Waals surface area contributed by atoms with Gasteiger partial charge in [-0.1, -0.05) is 0 Å². The molecule has 19 heavy (non-hydrogen) atoms. The van der Waals surface area contributed by atoms with Crippen molar-refractivity contribution < 1.29 is 13.2 Å². The zero-order chi connectivity index (χ0) is 14.0. The number of rotatable bonds is 3. The number of nitrogens with one attached hydrogen (secondary N) is 1. The Labute approximate surface area is 121 Å². The predicted octanol–water partition coefficient (Wildman–Crippen LogP) is 1.88. The zero-order valence-corrected chi connectivity index (χ0v) is 13.0. The van der Waals surface area contributed by atoms with Crippen molar-refractivity contribution in [2.75, 3.05) is 12.3 Å². The lowest BCUT2D eigenvalue weighted by atomic mass is 10.1. The maximum atomic E-state index is 12.2. The van der Waals surface area contributed by atoms with Crippen LogP contribution in [0.1, 0.15) is 19.8 Å². The monoisotopic (exact) mass is 348 g/mol. The van der Waals surface area contributed by atoms with E-state index in [1.54, 1.807) is 6.07 Å². The highest BCUT2D eigenvalue weighted by molar-refractivity contribution is 9.10. The van der Waals surface area contributed by atoms with E-state index in [0.717, 1.165) is 0 Å². The Bertz CT molecular complexity index is 562. The van der Waals surface area contributed by atoms with Crippen LogP contribution in [-0.2, 0) is 14.8 Å². The van der Waals surface area contributed by atoms with Crippen LogP contribution in [-0.4, -0.2) is 27.2 Å². The van der Waals surface area contributed by atoms with Crippen LogP contribution in [0.2, 0.25) is 0 Å². The molecule has 1 aliphatic heterocycles. The Kier molecular flexibility index (Phi) is 4.50. The summed E-state index contributed by atoms with van der Waals surface area (Å²) in [6.07, 6.45) is 1.46. The number of ether oxygens (including phenoxy) is 1. The zero-order valence-electron chi connectivity index (χ0n) is 10.6. The number of hydrogen-bond donors (Lipinski definition) is 2. The van der Waals surface area contributed by atoms with E-state index < -0.39 is 10.0 Å². The van der Waals surface area contributed by atoms with Gasteiger partial charge in [-0.3, -0.25) is 0 Å². The molecular formula is C12H17BrN2O3S. The molecule has 0 aliphatic carbocycles. The SMILES string of the molecule is CC1CC(NS(=O)(=O)c2ccc(Br)c(N)c2)CCO1. The molecule has 0 bridgehead atoms. The van der Waals surface area contributed by atoms with E-state index in [2.05, 4.69) is 20.7 Å². The molecule has 3 N–H and O–H groups in total. The van der Waals surface area contributed by atoms with Crippen LogP contribution in [0.5, 0.6) is 0 Å². The second-order valence-corrected chi connectivity index (χ2v) is 7.28. The van der Waals surface area contributed by atoms with E-state index >= 15 is 0 Å². The van der Waals surface area contributed by atoms with Crippen molar-refractivity contribution in [3.8, 4) is 0 Å². The van der Waals surface area contributed by atoms with Gasteiger partial charge in [0.1, 0.15) is 0 Å². The van der Waals surface area contributed by atoms with Crippen LogP contribution >= 0.6 is 15.9 Å². The van der Waals surface area contributed by atoms with Crippen molar-refractivity contribution in [3.05, 3.63) is 22.7 Å². The number of nitrogens with two attached hydrogens (primary N) is 1. The molecule has 1 fully saturated rings. The molecule has 1 aliphatic rings. The molecule has 0 radical (unpaired) electrons. The summed E-state index contributed by atoms with van der Waals surface area (Å²) in [6.45, 7) is 2.52. The largest absolute Gasteiger partial charge is 0.398 e. The van der Waals surface area contributed by atoms with Crippen LogP contribution in [0.4, 0.5) is 5.69 Å². The first kappa shape index (κ1) is 14.8. The first-order valence-electron chi connectivity index (χ1n) is 6.07. The van der Waals surface area contributed by atoms with E-state index in [0.29, 0.717) is 29.6 Å². The first-order chi connectivity index (χ1) is 8.88. The minimum Gasteiger partial charge on any atom is -0.398 e. The summed E-state index contributed by atoms with van der Waals surface area (Å²) in [5.41, 5.74) is 6.12. The van der Waals surface area contributed by atoms with E-state index in [1.807, 2.05) is 6.92 Å². The minimum absolute atomic E-state index is 0.0800. The molecule has 0 spiro atoms. The number of hydrogen-bond acceptors (Lipinski definition) is 4. The fourth-order valence-electron chi connectivity index (χ4n) is 2.08. The van der Waals surface area contributed by atoms with Crippen LogP contribution in [0.15, 0.2) is 27.6 Å².